The highest BCUT2D eigenvalue weighted by Crippen LogP contribution is 2.18. The van der Waals surface area contributed by atoms with E-state index in [1.807, 2.05) is 60.7 Å². The summed E-state index contributed by atoms with van der Waals surface area (Å²) in [5.74, 6) is -0.0929. The van der Waals surface area contributed by atoms with Crippen LogP contribution in [-0.2, 0) is 6.54 Å². The van der Waals surface area contributed by atoms with Gasteiger partial charge in [-0.25, -0.2) is 0 Å². The van der Waals surface area contributed by atoms with Crippen LogP contribution in [0.2, 0.25) is 0 Å². The predicted molar refractivity (Wildman–Crippen MR) is 97.1 cm³/mol. The fourth-order valence-electron chi connectivity index (χ4n) is 2.72. The van der Waals surface area contributed by atoms with Crippen molar-refractivity contribution in [1.29, 1.82) is 0 Å². The van der Waals surface area contributed by atoms with Gasteiger partial charge < -0.3 is 9.73 Å². The summed E-state index contributed by atoms with van der Waals surface area (Å²) in [7, 11) is 0. The second kappa shape index (κ2) is 6.61. The van der Waals surface area contributed by atoms with Gasteiger partial charge in [-0.05, 0) is 40.6 Å². The third kappa shape index (κ3) is 3.28. The molecule has 0 saturated carbocycles. The lowest BCUT2D eigenvalue weighted by Crippen LogP contribution is -2.22. The van der Waals surface area contributed by atoms with Crippen molar-refractivity contribution in [3.05, 3.63) is 90.5 Å². The van der Waals surface area contributed by atoms with E-state index < -0.39 is 0 Å². The Morgan fingerprint density at radius 1 is 1.00 bits per heavy atom. The predicted octanol–water partition coefficient (Wildman–Crippen LogP) is 4.42. The van der Waals surface area contributed by atoms with Crippen LogP contribution in [0.15, 0.2) is 83.8 Å². The molecule has 4 heteroatoms. The van der Waals surface area contributed by atoms with Crippen molar-refractivity contribution in [2.75, 3.05) is 0 Å². The minimum atomic E-state index is -0.0929. The van der Waals surface area contributed by atoms with Crippen molar-refractivity contribution in [3.8, 4) is 11.3 Å². The van der Waals surface area contributed by atoms with Crippen molar-refractivity contribution in [1.82, 2.24) is 10.3 Å². The van der Waals surface area contributed by atoms with E-state index in [9.17, 15) is 4.79 Å². The van der Waals surface area contributed by atoms with Gasteiger partial charge in [0.1, 0.15) is 0 Å². The number of carbonyl (C=O) groups excluding carboxylic acids is 1. The molecule has 4 rings (SSSR count). The molecule has 0 aliphatic heterocycles. The van der Waals surface area contributed by atoms with E-state index in [2.05, 4.69) is 10.3 Å². The zero-order valence-corrected chi connectivity index (χ0v) is 13.5. The molecule has 0 unspecified atom stereocenters. The van der Waals surface area contributed by atoms with Gasteiger partial charge in [-0.15, -0.1) is 0 Å². The summed E-state index contributed by atoms with van der Waals surface area (Å²) in [5.41, 5.74) is 3.38. The van der Waals surface area contributed by atoms with Crippen molar-refractivity contribution in [2.45, 2.75) is 6.54 Å². The summed E-state index contributed by atoms with van der Waals surface area (Å²) in [6.07, 6.45) is 5.04. The Kier molecular flexibility index (Phi) is 4.01. The molecule has 1 N–H and O–H groups in total. The normalized spacial score (nSPS) is 10.7. The number of furan rings is 1. The fraction of sp³-hybridized carbons (Fsp3) is 0.0476. The Morgan fingerprint density at radius 2 is 1.88 bits per heavy atom. The molecule has 0 radical (unpaired) electrons. The molecule has 4 nitrogen and oxygen atoms in total. The number of amides is 1. The molecule has 1 amide bonds. The minimum absolute atomic E-state index is 0.0929. The first kappa shape index (κ1) is 15.1. The van der Waals surface area contributed by atoms with Crippen LogP contribution in [-0.4, -0.2) is 10.9 Å². The van der Waals surface area contributed by atoms with E-state index in [0.717, 1.165) is 27.6 Å². The van der Waals surface area contributed by atoms with Crippen LogP contribution in [0, 0.1) is 0 Å². The van der Waals surface area contributed by atoms with Crippen LogP contribution in [0.25, 0.3) is 22.0 Å². The summed E-state index contributed by atoms with van der Waals surface area (Å²) >= 11 is 0. The molecule has 2 aromatic heterocycles. The summed E-state index contributed by atoms with van der Waals surface area (Å²) < 4.78 is 5.06. The third-order valence-corrected chi connectivity index (χ3v) is 4.11. The molecule has 0 saturated heterocycles. The van der Waals surface area contributed by atoms with Crippen molar-refractivity contribution < 1.29 is 9.21 Å². The van der Waals surface area contributed by atoms with E-state index >= 15 is 0 Å². The highest BCUT2D eigenvalue weighted by molar-refractivity contribution is 5.98. The van der Waals surface area contributed by atoms with Gasteiger partial charge in [0.05, 0.1) is 18.2 Å². The smallest absolute Gasteiger partial charge is 0.251 e. The summed E-state index contributed by atoms with van der Waals surface area (Å²) in [5, 5.41) is 5.12. The van der Waals surface area contributed by atoms with Gasteiger partial charge in [0, 0.05) is 23.9 Å². The molecule has 2 heterocycles. The van der Waals surface area contributed by atoms with E-state index in [4.69, 9.17) is 4.42 Å². The quantitative estimate of drug-likeness (QED) is 0.603. The SMILES string of the molecule is O=C(NCc1ccc(-c2ccoc2)nc1)c1ccc2ccccc2c1. The largest absolute Gasteiger partial charge is 0.472 e. The molecule has 25 heavy (non-hydrogen) atoms. The highest BCUT2D eigenvalue weighted by Gasteiger charge is 2.07. The zero-order chi connectivity index (χ0) is 17.1. The molecule has 0 bridgehead atoms. The Morgan fingerprint density at radius 3 is 2.64 bits per heavy atom. The number of pyridine rings is 1. The number of rotatable bonds is 4. The maximum Gasteiger partial charge on any atom is 0.251 e. The Hall–Kier alpha value is -3.40. The van der Waals surface area contributed by atoms with Gasteiger partial charge in [-0.3, -0.25) is 9.78 Å². The third-order valence-electron chi connectivity index (χ3n) is 4.11. The fourth-order valence-corrected chi connectivity index (χ4v) is 2.72. The van der Waals surface area contributed by atoms with Crippen LogP contribution in [0.4, 0.5) is 0 Å². The van der Waals surface area contributed by atoms with E-state index in [1.165, 1.54) is 0 Å². The lowest BCUT2D eigenvalue weighted by molar-refractivity contribution is 0.0951. The standard InChI is InChI=1S/C21H16N2O2/c24-21(18-7-6-16-3-1-2-4-17(16)11-18)23-13-15-5-8-20(22-12-15)19-9-10-25-14-19/h1-12,14H,13H2,(H,23,24). The van der Waals surface area contributed by atoms with E-state index in [-0.39, 0.29) is 5.91 Å². The molecular weight excluding hydrogens is 312 g/mol. The van der Waals surface area contributed by atoms with Gasteiger partial charge in [-0.1, -0.05) is 36.4 Å². The number of carbonyl (C=O) groups is 1. The van der Waals surface area contributed by atoms with Crippen LogP contribution in [0.1, 0.15) is 15.9 Å². The monoisotopic (exact) mass is 328 g/mol. The van der Waals surface area contributed by atoms with Crippen LogP contribution < -0.4 is 5.32 Å². The van der Waals surface area contributed by atoms with Crippen LogP contribution in [0.5, 0.6) is 0 Å². The van der Waals surface area contributed by atoms with Crippen molar-refractivity contribution >= 4 is 16.7 Å². The lowest BCUT2D eigenvalue weighted by atomic mass is 10.1. The second-order valence-electron chi connectivity index (χ2n) is 5.81. The number of fused-ring (bicyclic) bond motifs is 1. The number of hydrogen-bond acceptors (Lipinski definition) is 3. The maximum absolute atomic E-state index is 12.4. The average Bonchev–Trinajstić information content (AvgIpc) is 3.21. The average molecular weight is 328 g/mol. The molecule has 2 aromatic carbocycles. The number of nitrogens with zero attached hydrogens (tertiary/aromatic N) is 1. The number of nitrogens with one attached hydrogen (secondary N) is 1. The molecule has 122 valence electrons. The molecule has 0 spiro atoms. The molecule has 0 fully saturated rings. The van der Waals surface area contributed by atoms with Gasteiger partial charge >= 0.3 is 0 Å². The molecule has 0 aliphatic rings. The number of hydrogen-bond donors (Lipinski definition) is 1. The van der Waals surface area contributed by atoms with Gasteiger partial charge in [0.25, 0.3) is 5.91 Å². The summed E-state index contributed by atoms with van der Waals surface area (Å²) in [4.78, 5) is 16.8. The Labute approximate surface area is 145 Å². The van der Waals surface area contributed by atoms with Crippen molar-refractivity contribution in [3.63, 3.8) is 0 Å². The first-order chi connectivity index (χ1) is 12.3. The second-order valence-corrected chi connectivity index (χ2v) is 5.81. The topological polar surface area (TPSA) is 55.1 Å². The number of benzene rings is 2. The molecular formula is C21H16N2O2. The van der Waals surface area contributed by atoms with Crippen LogP contribution in [0.3, 0.4) is 0 Å². The minimum Gasteiger partial charge on any atom is -0.472 e. The first-order valence-corrected chi connectivity index (χ1v) is 8.04. The maximum atomic E-state index is 12.4. The van der Waals surface area contributed by atoms with Gasteiger partial charge in [0.15, 0.2) is 0 Å². The summed E-state index contributed by atoms with van der Waals surface area (Å²) in [6.45, 7) is 0.435. The van der Waals surface area contributed by atoms with Crippen LogP contribution >= 0.6 is 0 Å². The first-order valence-electron chi connectivity index (χ1n) is 8.04. The van der Waals surface area contributed by atoms with Gasteiger partial charge in [0.2, 0.25) is 0 Å². The zero-order valence-electron chi connectivity index (χ0n) is 13.5. The number of aromatic nitrogens is 1. The van der Waals surface area contributed by atoms with E-state index in [0.29, 0.717) is 12.1 Å². The van der Waals surface area contributed by atoms with Gasteiger partial charge in [-0.2, -0.15) is 0 Å². The molecule has 0 atom stereocenters. The lowest BCUT2D eigenvalue weighted by Gasteiger charge is -2.07. The van der Waals surface area contributed by atoms with E-state index in [1.54, 1.807) is 18.7 Å². The molecule has 4 aromatic rings. The Bertz CT molecular complexity index is 1010. The highest BCUT2D eigenvalue weighted by atomic mass is 16.3. The summed E-state index contributed by atoms with van der Waals surface area (Å²) in [6, 6.07) is 19.4. The van der Waals surface area contributed by atoms with Crippen molar-refractivity contribution in [2.24, 2.45) is 0 Å². The molecule has 0 aliphatic carbocycles. The Balaban J connectivity index is 1.44.